The predicted molar refractivity (Wildman–Crippen MR) is 106 cm³/mol. The van der Waals surface area contributed by atoms with Gasteiger partial charge in [0, 0.05) is 18.0 Å². The summed E-state index contributed by atoms with van der Waals surface area (Å²) in [6.07, 6.45) is -1.97. The fourth-order valence-electron chi connectivity index (χ4n) is 2.83. The van der Waals surface area contributed by atoms with E-state index in [0.717, 1.165) is 6.07 Å². The van der Waals surface area contributed by atoms with Gasteiger partial charge in [0.25, 0.3) is 0 Å². The number of imidazole rings is 1. The standard InChI is InChI=1S/C20H11F3N8O/c21-20(22,23)32-16-5-4-13(7-12(16)9-24)28-18-8-15(29-17-3-1-2-6-26-17)19-27-11-14(10-25)31(19)30-18/h1-8,11H,(H,26,29)(H,28,30). The van der Waals surface area contributed by atoms with Gasteiger partial charge in [0.1, 0.15) is 23.7 Å². The van der Waals surface area contributed by atoms with Gasteiger partial charge in [-0.15, -0.1) is 18.3 Å². The van der Waals surface area contributed by atoms with Crippen LogP contribution < -0.4 is 15.4 Å². The molecule has 0 radical (unpaired) electrons. The molecular weight excluding hydrogens is 425 g/mol. The van der Waals surface area contributed by atoms with E-state index in [2.05, 4.69) is 30.4 Å². The molecule has 32 heavy (non-hydrogen) atoms. The van der Waals surface area contributed by atoms with E-state index >= 15 is 0 Å². The molecule has 0 atom stereocenters. The van der Waals surface area contributed by atoms with Crippen molar-refractivity contribution in [1.82, 2.24) is 19.6 Å². The third-order valence-electron chi connectivity index (χ3n) is 4.11. The molecule has 0 spiro atoms. The first-order valence-corrected chi connectivity index (χ1v) is 8.90. The molecule has 4 aromatic rings. The number of rotatable bonds is 5. The number of hydrogen-bond donors (Lipinski definition) is 2. The number of alkyl halides is 3. The first-order chi connectivity index (χ1) is 15.4. The van der Waals surface area contributed by atoms with Crippen molar-refractivity contribution >= 4 is 28.7 Å². The van der Waals surface area contributed by atoms with E-state index in [1.165, 1.54) is 22.8 Å². The highest BCUT2D eigenvalue weighted by Crippen LogP contribution is 2.30. The fraction of sp³-hybridized carbons (Fsp3) is 0.0500. The molecule has 0 aliphatic heterocycles. The van der Waals surface area contributed by atoms with Crippen molar-refractivity contribution < 1.29 is 17.9 Å². The summed E-state index contributed by atoms with van der Waals surface area (Å²) in [4.78, 5) is 8.39. The van der Waals surface area contributed by atoms with Crippen molar-refractivity contribution in [2.75, 3.05) is 10.6 Å². The molecule has 0 unspecified atom stereocenters. The molecule has 0 fully saturated rings. The Hall–Kier alpha value is -4.84. The molecule has 0 saturated carbocycles. The van der Waals surface area contributed by atoms with Crippen LogP contribution in [0.15, 0.2) is 54.9 Å². The Morgan fingerprint density at radius 1 is 0.969 bits per heavy atom. The summed E-state index contributed by atoms with van der Waals surface area (Å²) in [7, 11) is 0. The van der Waals surface area contributed by atoms with Crippen LogP contribution in [0.3, 0.4) is 0 Å². The maximum atomic E-state index is 12.5. The number of pyridine rings is 1. The van der Waals surface area contributed by atoms with Crippen LogP contribution in [0.4, 0.5) is 36.2 Å². The van der Waals surface area contributed by atoms with E-state index < -0.39 is 12.1 Å². The number of nitriles is 2. The largest absolute Gasteiger partial charge is 0.573 e. The number of hydrogen-bond acceptors (Lipinski definition) is 8. The highest BCUT2D eigenvalue weighted by molar-refractivity contribution is 5.76. The molecule has 3 aromatic heterocycles. The van der Waals surface area contributed by atoms with E-state index in [9.17, 15) is 23.7 Å². The summed E-state index contributed by atoms with van der Waals surface area (Å²) in [6.45, 7) is 0. The Balaban J connectivity index is 1.72. The second-order valence-corrected chi connectivity index (χ2v) is 6.27. The summed E-state index contributed by atoms with van der Waals surface area (Å²) < 4.78 is 42.7. The van der Waals surface area contributed by atoms with E-state index in [1.54, 1.807) is 36.5 Å². The van der Waals surface area contributed by atoms with E-state index in [4.69, 9.17) is 0 Å². The highest BCUT2D eigenvalue weighted by atomic mass is 19.4. The Kier molecular flexibility index (Phi) is 5.18. The van der Waals surface area contributed by atoms with Gasteiger partial charge in [-0.05, 0) is 30.3 Å². The SMILES string of the molecule is N#Cc1cc(Nc2cc(Nc3ccccn3)c3ncc(C#N)n3n2)ccc1OC(F)(F)F. The van der Waals surface area contributed by atoms with Gasteiger partial charge < -0.3 is 15.4 Å². The number of nitrogens with zero attached hydrogens (tertiary/aromatic N) is 6. The number of halogens is 3. The van der Waals surface area contributed by atoms with Crippen molar-refractivity contribution in [3.63, 3.8) is 0 Å². The van der Waals surface area contributed by atoms with E-state index in [1.807, 2.05) is 6.07 Å². The van der Waals surface area contributed by atoms with Gasteiger partial charge in [0.2, 0.25) is 0 Å². The van der Waals surface area contributed by atoms with Crippen LogP contribution in [0.2, 0.25) is 0 Å². The van der Waals surface area contributed by atoms with Gasteiger partial charge in [-0.3, -0.25) is 0 Å². The number of nitrogens with one attached hydrogen (secondary N) is 2. The topological polar surface area (TPSA) is 124 Å². The number of fused-ring (bicyclic) bond motifs is 1. The lowest BCUT2D eigenvalue weighted by atomic mass is 10.2. The Bertz CT molecular complexity index is 1370. The number of anilines is 4. The average Bonchev–Trinajstić information content (AvgIpc) is 3.18. The second kappa shape index (κ2) is 8.12. The maximum absolute atomic E-state index is 12.5. The number of benzene rings is 1. The van der Waals surface area contributed by atoms with Crippen LogP contribution >= 0.6 is 0 Å². The smallest absolute Gasteiger partial charge is 0.404 e. The molecule has 0 amide bonds. The molecule has 2 N–H and O–H groups in total. The lowest BCUT2D eigenvalue weighted by Gasteiger charge is -2.13. The Labute approximate surface area is 178 Å². The molecular formula is C20H11F3N8O. The summed E-state index contributed by atoms with van der Waals surface area (Å²) in [6, 6.07) is 14.0. The molecule has 0 aliphatic rings. The molecule has 12 heteroatoms. The van der Waals surface area contributed by atoms with Gasteiger partial charge in [-0.2, -0.15) is 15.0 Å². The number of ether oxygens (including phenoxy) is 1. The highest BCUT2D eigenvalue weighted by Gasteiger charge is 2.32. The second-order valence-electron chi connectivity index (χ2n) is 6.27. The first-order valence-electron chi connectivity index (χ1n) is 8.90. The van der Waals surface area contributed by atoms with Crippen LogP contribution in [-0.2, 0) is 0 Å². The molecule has 4 rings (SSSR count). The summed E-state index contributed by atoms with van der Waals surface area (Å²) in [5.74, 6) is 0.139. The zero-order valence-corrected chi connectivity index (χ0v) is 15.9. The van der Waals surface area contributed by atoms with Crippen LogP contribution in [0, 0.1) is 22.7 Å². The predicted octanol–water partition coefficient (Wildman–Crippen LogP) is 4.25. The zero-order chi connectivity index (χ0) is 22.7. The van der Waals surface area contributed by atoms with Gasteiger partial charge in [-0.1, -0.05) is 6.07 Å². The molecule has 158 valence electrons. The van der Waals surface area contributed by atoms with Crippen molar-refractivity contribution in [1.29, 1.82) is 10.5 Å². The van der Waals surface area contributed by atoms with Gasteiger partial charge in [-0.25, -0.2) is 9.97 Å². The van der Waals surface area contributed by atoms with Crippen molar-refractivity contribution in [2.45, 2.75) is 6.36 Å². The molecule has 0 saturated heterocycles. The van der Waals surface area contributed by atoms with Crippen LogP contribution in [0.25, 0.3) is 5.65 Å². The van der Waals surface area contributed by atoms with E-state index in [0.29, 0.717) is 17.2 Å². The minimum atomic E-state index is -4.92. The lowest BCUT2D eigenvalue weighted by Crippen LogP contribution is -2.17. The summed E-state index contributed by atoms with van der Waals surface area (Å²) in [5, 5.41) is 28.8. The van der Waals surface area contributed by atoms with Gasteiger partial charge in [0.15, 0.2) is 17.2 Å². The summed E-state index contributed by atoms with van der Waals surface area (Å²) in [5.41, 5.74) is 0.967. The quantitative estimate of drug-likeness (QED) is 0.476. The Morgan fingerprint density at radius 3 is 2.50 bits per heavy atom. The molecule has 0 aliphatic carbocycles. The fourth-order valence-corrected chi connectivity index (χ4v) is 2.83. The average molecular weight is 436 g/mol. The van der Waals surface area contributed by atoms with Crippen LogP contribution in [0.5, 0.6) is 5.75 Å². The first kappa shape index (κ1) is 20.4. The molecule has 0 bridgehead atoms. The van der Waals surface area contributed by atoms with Crippen LogP contribution in [0.1, 0.15) is 11.3 Å². The number of aromatic nitrogens is 4. The summed E-state index contributed by atoms with van der Waals surface area (Å²) >= 11 is 0. The maximum Gasteiger partial charge on any atom is 0.573 e. The minimum absolute atomic E-state index is 0.166. The zero-order valence-electron chi connectivity index (χ0n) is 15.9. The molecule has 1 aromatic carbocycles. The Morgan fingerprint density at radius 2 is 1.81 bits per heavy atom. The normalized spacial score (nSPS) is 10.9. The third kappa shape index (κ3) is 4.34. The monoisotopic (exact) mass is 436 g/mol. The molecule has 3 heterocycles. The van der Waals surface area contributed by atoms with Crippen LogP contribution in [-0.4, -0.2) is 25.9 Å². The lowest BCUT2D eigenvalue weighted by molar-refractivity contribution is -0.274. The van der Waals surface area contributed by atoms with E-state index in [-0.39, 0.29) is 22.8 Å². The van der Waals surface area contributed by atoms with Crippen molar-refractivity contribution in [2.24, 2.45) is 0 Å². The van der Waals surface area contributed by atoms with Crippen molar-refractivity contribution in [3.05, 3.63) is 66.1 Å². The third-order valence-corrected chi connectivity index (χ3v) is 4.11. The minimum Gasteiger partial charge on any atom is -0.404 e. The van der Waals surface area contributed by atoms with Gasteiger partial charge >= 0.3 is 6.36 Å². The van der Waals surface area contributed by atoms with Gasteiger partial charge in [0.05, 0.1) is 17.4 Å². The molecule has 9 nitrogen and oxygen atoms in total. The van der Waals surface area contributed by atoms with Crippen molar-refractivity contribution in [3.8, 4) is 17.9 Å².